The molecule has 6 aromatic carbocycles. The third-order valence-corrected chi connectivity index (χ3v) is 6.17. The van der Waals surface area contributed by atoms with Crippen LogP contribution in [0.3, 0.4) is 0 Å². The lowest BCUT2D eigenvalue weighted by atomic mass is 9.85. The Morgan fingerprint density at radius 3 is 1.58 bits per heavy atom. The fraction of sp³-hybridized carbons (Fsp3) is 0. The molecule has 0 unspecified atom stereocenters. The van der Waals surface area contributed by atoms with Gasteiger partial charge in [0, 0.05) is 11.1 Å². The van der Waals surface area contributed by atoms with Gasteiger partial charge in [0.05, 0.1) is 0 Å². The minimum absolute atomic E-state index is 0.302. The molecular weight excluding hydrogens is 376 g/mol. The average molecular weight is 396 g/mol. The fourth-order valence-corrected chi connectivity index (χ4v) is 4.75. The number of aromatic hydroxyl groups is 1. The van der Waals surface area contributed by atoms with Crippen LogP contribution < -0.4 is 0 Å². The van der Waals surface area contributed by atoms with Crippen molar-refractivity contribution in [2.45, 2.75) is 0 Å². The Kier molecular flexibility index (Phi) is 4.00. The largest absolute Gasteiger partial charge is 0.507 e. The fourth-order valence-electron chi connectivity index (χ4n) is 4.75. The molecule has 6 aromatic rings. The Balaban J connectivity index is 1.82. The summed E-state index contributed by atoms with van der Waals surface area (Å²) in [6, 6.07) is 39.8. The van der Waals surface area contributed by atoms with Gasteiger partial charge in [-0.05, 0) is 49.5 Å². The lowest BCUT2D eigenvalue weighted by Gasteiger charge is -2.18. The molecular formula is C30H20O. The monoisotopic (exact) mass is 396 g/mol. The molecule has 0 aliphatic heterocycles. The van der Waals surface area contributed by atoms with Gasteiger partial charge in [-0.15, -0.1) is 0 Å². The Morgan fingerprint density at radius 1 is 0.355 bits per heavy atom. The van der Waals surface area contributed by atoms with Crippen LogP contribution >= 0.6 is 0 Å². The number of phenolic OH excluding ortho intramolecular Hbond substituents is 1. The van der Waals surface area contributed by atoms with Gasteiger partial charge in [0.1, 0.15) is 5.75 Å². The molecule has 0 fully saturated rings. The lowest BCUT2D eigenvalue weighted by Crippen LogP contribution is -1.91. The summed E-state index contributed by atoms with van der Waals surface area (Å²) in [4.78, 5) is 0. The number of hydrogen-bond donors (Lipinski definition) is 1. The molecule has 0 heterocycles. The number of benzene rings is 6. The number of rotatable bonds is 2. The minimum Gasteiger partial charge on any atom is -0.507 e. The van der Waals surface area contributed by atoms with E-state index < -0.39 is 0 Å². The van der Waals surface area contributed by atoms with E-state index in [9.17, 15) is 5.11 Å². The van der Waals surface area contributed by atoms with Gasteiger partial charge in [-0.2, -0.15) is 0 Å². The van der Waals surface area contributed by atoms with Crippen molar-refractivity contribution in [1.29, 1.82) is 0 Å². The lowest BCUT2D eigenvalue weighted by molar-refractivity contribution is 0.478. The standard InChI is InChI=1S/C30H20O/c31-28-19-17-22-10-3-6-14-25(22)30(28)29-24-13-5-2-9-21(24)16-18-27(29)26-15-7-11-20-8-1-4-12-23(20)26/h1-19,31H. The summed E-state index contributed by atoms with van der Waals surface area (Å²) < 4.78 is 0. The van der Waals surface area contributed by atoms with Crippen molar-refractivity contribution < 1.29 is 5.11 Å². The van der Waals surface area contributed by atoms with Gasteiger partial charge in [-0.25, -0.2) is 0 Å². The predicted octanol–water partition coefficient (Wildman–Crippen LogP) is 8.19. The van der Waals surface area contributed by atoms with Crippen LogP contribution in [0.1, 0.15) is 0 Å². The minimum atomic E-state index is 0.302. The van der Waals surface area contributed by atoms with E-state index >= 15 is 0 Å². The van der Waals surface area contributed by atoms with Crippen molar-refractivity contribution in [2.75, 3.05) is 0 Å². The van der Waals surface area contributed by atoms with E-state index in [0.717, 1.165) is 38.2 Å². The van der Waals surface area contributed by atoms with Crippen molar-refractivity contribution in [3.05, 3.63) is 115 Å². The molecule has 0 spiro atoms. The van der Waals surface area contributed by atoms with Crippen LogP contribution in [0.4, 0.5) is 0 Å². The SMILES string of the molecule is Oc1ccc2ccccc2c1-c1c(-c2cccc3ccccc23)ccc2ccccc12. The molecule has 0 aromatic heterocycles. The number of phenols is 1. The Labute approximate surface area is 180 Å². The van der Waals surface area contributed by atoms with E-state index in [1.165, 1.54) is 16.3 Å². The van der Waals surface area contributed by atoms with Gasteiger partial charge in [-0.1, -0.05) is 109 Å². The molecule has 146 valence electrons. The summed E-state index contributed by atoms with van der Waals surface area (Å²) in [5.74, 6) is 0.302. The zero-order valence-electron chi connectivity index (χ0n) is 16.9. The summed E-state index contributed by atoms with van der Waals surface area (Å²) in [6.07, 6.45) is 0. The second kappa shape index (κ2) is 7.00. The van der Waals surface area contributed by atoms with Crippen LogP contribution in [-0.2, 0) is 0 Å². The third kappa shape index (κ3) is 2.78. The van der Waals surface area contributed by atoms with Gasteiger partial charge in [0.25, 0.3) is 0 Å². The maximum absolute atomic E-state index is 11.1. The van der Waals surface area contributed by atoms with Crippen molar-refractivity contribution in [1.82, 2.24) is 0 Å². The molecule has 0 aliphatic carbocycles. The third-order valence-electron chi connectivity index (χ3n) is 6.17. The number of fused-ring (bicyclic) bond motifs is 3. The van der Waals surface area contributed by atoms with Crippen molar-refractivity contribution in [3.63, 3.8) is 0 Å². The number of hydrogen-bond acceptors (Lipinski definition) is 1. The van der Waals surface area contributed by atoms with Gasteiger partial charge in [0.15, 0.2) is 0 Å². The summed E-state index contributed by atoms with van der Waals surface area (Å²) in [7, 11) is 0. The zero-order chi connectivity index (χ0) is 20.8. The molecule has 0 bridgehead atoms. The van der Waals surface area contributed by atoms with Crippen LogP contribution in [0, 0.1) is 0 Å². The molecule has 1 heteroatoms. The highest BCUT2D eigenvalue weighted by Crippen LogP contribution is 2.46. The van der Waals surface area contributed by atoms with Crippen molar-refractivity contribution >= 4 is 32.3 Å². The smallest absolute Gasteiger partial charge is 0.124 e. The summed E-state index contributed by atoms with van der Waals surface area (Å²) in [6.45, 7) is 0. The van der Waals surface area contributed by atoms with E-state index in [-0.39, 0.29) is 0 Å². The highest BCUT2D eigenvalue weighted by Gasteiger charge is 2.18. The second-order valence-corrected chi connectivity index (χ2v) is 7.92. The molecule has 0 amide bonds. The molecule has 0 radical (unpaired) electrons. The maximum atomic E-state index is 11.1. The van der Waals surface area contributed by atoms with E-state index in [4.69, 9.17) is 0 Å². The van der Waals surface area contributed by atoms with E-state index in [1.54, 1.807) is 0 Å². The average Bonchev–Trinajstić information content (AvgIpc) is 2.83. The first kappa shape index (κ1) is 17.7. The first-order valence-electron chi connectivity index (χ1n) is 10.5. The van der Waals surface area contributed by atoms with Gasteiger partial charge < -0.3 is 5.11 Å². The van der Waals surface area contributed by atoms with Crippen LogP contribution in [-0.4, -0.2) is 5.11 Å². The van der Waals surface area contributed by atoms with Crippen molar-refractivity contribution in [2.24, 2.45) is 0 Å². The highest BCUT2D eigenvalue weighted by molar-refractivity contribution is 6.14. The Morgan fingerprint density at radius 2 is 0.871 bits per heavy atom. The highest BCUT2D eigenvalue weighted by atomic mass is 16.3. The van der Waals surface area contributed by atoms with Gasteiger partial charge in [-0.3, -0.25) is 0 Å². The Bertz CT molecular complexity index is 1590. The maximum Gasteiger partial charge on any atom is 0.124 e. The molecule has 6 rings (SSSR count). The van der Waals surface area contributed by atoms with Crippen LogP contribution in [0.2, 0.25) is 0 Å². The zero-order valence-corrected chi connectivity index (χ0v) is 16.9. The summed E-state index contributed by atoms with van der Waals surface area (Å²) in [5, 5.41) is 18.0. The summed E-state index contributed by atoms with van der Waals surface area (Å²) in [5.41, 5.74) is 4.26. The molecule has 0 atom stereocenters. The van der Waals surface area contributed by atoms with Gasteiger partial charge in [0.2, 0.25) is 0 Å². The van der Waals surface area contributed by atoms with Crippen molar-refractivity contribution in [3.8, 4) is 28.0 Å². The van der Waals surface area contributed by atoms with Gasteiger partial charge >= 0.3 is 0 Å². The quantitative estimate of drug-likeness (QED) is 0.313. The Hall–Kier alpha value is -4.10. The first-order valence-corrected chi connectivity index (χ1v) is 10.5. The molecule has 1 N–H and O–H groups in total. The van der Waals surface area contributed by atoms with Crippen LogP contribution in [0.25, 0.3) is 54.6 Å². The van der Waals surface area contributed by atoms with Crippen LogP contribution in [0.5, 0.6) is 5.75 Å². The summed E-state index contributed by atoms with van der Waals surface area (Å²) >= 11 is 0. The second-order valence-electron chi connectivity index (χ2n) is 7.92. The van der Waals surface area contributed by atoms with E-state index in [0.29, 0.717) is 5.75 Å². The topological polar surface area (TPSA) is 20.2 Å². The molecule has 31 heavy (non-hydrogen) atoms. The normalized spacial score (nSPS) is 11.4. The van der Waals surface area contributed by atoms with E-state index in [1.807, 2.05) is 24.3 Å². The molecule has 0 saturated carbocycles. The van der Waals surface area contributed by atoms with Crippen LogP contribution in [0.15, 0.2) is 115 Å². The predicted molar refractivity (Wildman–Crippen MR) is 131 cm³/mol. The molecule has 1 nitrogen and oxygen atoms in total. The van der Waals surface area contributed by atoms with E-state index in [2.05, 4.69) is 91.0 Å². The molecule has 0 aliphatic rings. The molecule has 0 saturated heterocycles. The first-order chi connectivity index (χ1) is 15.3.